The summed E-state index contributed by atoms with van der Waals surface area (Å²) in [5.41, 5.74) is 0. The normalized spacial score (nSPS) is 6.88. The molecule has 0 aliphatic heterocycles. The van der Waals surface area contributed by atoms with Gasteiger partial charge in [-0.3, -0.25) is 0 Å². The molecule has 0 spiro atoms. The summed E-state index contributed by atoms with van der Waals surface area (Å²) in [7, 11) is 0. The van der Waals surface area contributed by atoms with Gasteiger partial charge >= 0.3 is 59.7 Å². The first-order valence-electron chi connectivity index (χ1n) is 5.53. The van der Waals surface area contributed by atoms with Crippen molar-refractivity contribution in [2.75, 3.05) is 0 Å². The van der Waals surface area contributed by atoms with E-state index in [4.69, 9.17) is 99.0 Å². The van der Waals surface area contributed by atoms with Gasteiger partial charge in [-0.2, -0.15) is 0 Å². The van der Waals surface area contributed by atoms with Crippen LogP contribution < -0.4 is 0 Å². The summed E-state index contributed by atoms with van der Waals surface area (Å²) in [5.74, 6) is -18.2. The van der Waals surface area contributed by atoms with Crippen molar-refractivity contribution in [1.29, 1.82) is 0 Å². The molecule has 182 valence electrons. The van der Waals surface area contributed by atoms with Crippen LogP contribution in [0.5, 0.6) is 0 Å². The molecule has 0 aliphatic carbocycles. The Hall–Kier alpha value is -4.24. The van der Waals surface area contributed by atoms with Crippen LogP contribution in [-0.2, 0) is 82.7 Å². The molecule has 0 fully saturated rings. The molecule has 0 aliphatic rings. The molecule has 10 N–H and O–H groups in total. The number of carbonyl (C=O) groups is 10. The third-order valence-corrected chi connectivity index (χ3v) is 0.915. The van der Waals surface area contributed by atoms with Crippen LogP contribution >= 0.6 is 0 Å². The van der Waals surface area contributed by atoms with Gasteiger partial charge in [0.1, 0.15) is 0 Å². The molecular formula is C10H10Cr2O20. The van der Waals surface area contributed by atoms with Crippen LogP contribution in [0.2, 0.25) is 0 Å². The molecule has 0 aromatic rings. The first-order valence-corrected chi connectivity index (χ1v) is 5.53. The van der Waals surface area contributed by atoms with Gasteiger partial charge in [0.25, 0.3) is 0 Å². The van der Waals surface area contributed by atoms with Gasteiger partial charge < -0.3 is 51.1 Å². The fourth-order valence-electron chi connectivity index (χ4n) is 0. The summed E-state index contributed by atoms with van der Waals surface area (Å²) in [6.45, 7) is 0. The fraction of sp³-hybridized carbons (Fsp3) is 0. The SMILES string of the molecule is O=C(O)C(=O)O.O=C(O)C(=O)O.O=C(O)C(=O)O.O=C(O)C(=O)O.O=C(O)C(=O)O.[Cr].[Cr]. The monoisotopic (exact) mass is 554 g/mol. The molecule has 0 bridgehead atoms. The fourth-order valence-corrected chi connectivity index (χ4v) is 0. The predicted molar refractivity (Wildman–Crippen MR) is 76.4 cm³/mol. The number of hydrogen-bond donors (Lipinski definition) is 10. The number of carboxylic acids is 10. The first-order chi connectivity index (χ1) is 13.2. The van der Waals surface area contributed by atoms with Gasteiger partial charge in [-0.15, -0.1) is 0 Å². The third-order valence-electron chi connectivity index (χ3n) is 0.915. The minimum atomic E-state index is -1.82. The Kier molecular flexibility index (Phi) is 38.6. The van der Waals surface area contributed by atoms with Crippen LogP contribution in [0.1, 0.15) is 0 Å². The Bertz CT molecular complexity index is 508. The summed E-state index contributed by atoms with van der Waals surface area (Å²) in [6, 6.07) is 0. The van der Waals surface area contributed by atoms with Gasteiger partial charge in [-0.25, -0.2) is 47.9 Å². The minimum Gasteiger partial charge on any atom is -0.473 e. The van der Waals surface area contributed by atoms with Crippen molar-refractivity contribution in [3.8, 4) is 0 Å². The van der Waals surface area contributed by atoms with Crippen LogP contribution in [-0.4, -0.2) is 111 Å². The quantitative estimate of drug-likeness (QED) is 0.127. The number of hydrogen-bond acceptors (Lipinski definition) is 10. The molecule has 0 radical (unpaired) electrons. The summed E-state index contributed by atoms with van der Waals surface area (Å²) in [4.78, 5) is 91.0. The van der Waals surface area contributed by atoms with Crippen molar-refractivity contribution >= 4 is 59.7 Å². The van der Waals surface area contributed by atoms with Gasteiger partial charge in [0.2, 0.25) is 0 Å². The average Bonchev–Trinajstić information content (AvgIpc) is 2.56. The third kappa shape index (κ3) is 63.6. The zero-order valence-electron chi connectivity index (χ0n) is 14.4. The molecule has 0 amide bonds. The van der Waals surface area contributed by atoms with Crippen LogP contribution in [0.4, 0.5) is 0 Å². The van der Waals surface area contributed by atoms with E-state index >= 15 is 0 Å². The van der Waals surface area contributed by atoms with Gasteiger partial charge in [-0.05, 0) is 0 Å². The minimum absolute atomic E-state index is 0. The second-order valence-corrected chi connectivity index (χ2v) is 3.05. The standard InChI is InChI=1S/5C2H2O4.2Cr/c5*3-1(4)2(5)6;;/h5*(H,3,4)(H,5,6);;. The van der Waals surface area contributed by atoms with Crippen molar-refractivity contribution in [3.05, 3.63) is 0 Å². The van der Waals surface area contributed by atoms with E-state index < -0.39 is 59.7 Å². The van der Waals surface area contributed by atoms with Crippen molar-refractivity contribution in [2.24, 2.45) is 0 Å². The molecule has 0 heterocycles. The summed E-state index contributed by atoms with van der Waals surface area (Å²) < 4.78 is 0. The maximum absolute atomic E-state index is 9.10. The predicted octanol–water partition coefficient (Wildman–Crippen LogP) is -4.23. The molecule has 0 aromatic heterocycles. The van der Waals surface area contributed by atoms with Crippen molar-refractivity contribution in [1.82, 2.24) is 0 Å². The molecule has 0 atom stereocenters. The largest absolute Gasteiger partial charge is 0.473 e. The zero-order valence-corrected chi connectivity index (χ0v) is 16.9. The second-order valence-electron chi connectivity index (χ2n) is 3.05. The topological polar surface area (TPSA) is 373 Å². The molecule has 0 saturated heterocycles. The van der Waals surface area contributed by atoms with E-state index in [0.29, 0.717) is 0 Å². The molecule has 0 saturated carbocycles. The van der Waals surface area contributed by atoms with Crippen molar-refractivity contribution < 1.29 is 134 Å². The summed E-state index contributed by atoms with van der Waals surface area (Å²) >= 11 is 0. The van der Waals surface area contributed by atoms with Gasteiger partial charge in [0, 0.05) is 34.7 Å². The maximum atomic E-state index is 9.10. The Morgan fingerprint density at radius 2 is 0.250 bits per heavy atom. The second kappa shape index (κ2) is 26.8. The molecule has 32 heavy (non-hydrogen) atoms. The smallest absolute Gasteiger partial charge is 0.414 e. The number of rotatable bonds is 0. The van der Waals surface area contributed by atoms with Crippen LogP contribution in [0, 0.1) is 0 Å². The van der Waals surface area contributed by atoms with E-state index in [-0.39, 0.29) is 34.7 Å². The van der Waals surface area contributed by atoms with Crippen LogP contribution in [0.3, 0.4) is 0 Å². The molecule has 0 aromatic carbocycles. The van der Waals surface area contributed by atoms with Crippen LogP contribution in [0.25, 0.3) is 0 Å². The zero-order chi connectivity index (χ0) is 25.8. The van der Waals surface area contributed by atoms with E-state index in [1.807, 2.05) is 0 Å². The number of carboxylic acid groups (broad SMARTS) is 10. The van der Waals surface area contributed by atoms with Gasteiger partial charge in [0.15, 0.2) is 0 Å². The Morgan fingerprint density at radius 1 is 0.219 bits per heavy atom. The van der Waals surface area contributed by atoms with E-state index in [1.54, 1.807) is 0 Å². The van der Waals surface area contributed by atoms with Crippen LogP contribution in [0.15, 0.2) is 0 Å². The van der Waals surface area contributed by atoms with Crippen molar-refractivity contribution in [3.63, 3.8) is 0 Å². The van der Waals surface area contributed by atoms with E-state index in [2.05, 4.69) is 0 Å². The Morgan fingerprint density at radius 3 is 0.250 bits per heavy atom. The van der Waals surface area contributed by atoms with Gasteiger partial charge in [0.05, 0.1) is 0 Å². The Labute approximate surface area is 193 Å². The van der Waals surface area contributed by atoms with Crippen molar-refractivity contribution in [2.45, 2.75) is 0 Å². The summed E-state index contributed by atoms with van der Waals surface area (Å²) in [6.07, 6.45) is 0. The molecule has 0 rings (SSSR count). The first kappa shape index (κ1) is 46.1. The molecule has 0 unspecified atom stereocenters. The van der Waals surface area contributed by atoms with E-state index in [0.717, 1.165) is 0 Å². The average molecular weight is 554 g/mol. The maximum Gasteiger partial charge on any atom is 0.414 e. The summed E-state index contributed by atoms with van der Waals surface area (Å²) in [5, 5.41) is 73.9. The van der Waals surface area contributed by atoms with E-state index in [9.17, 15) is 0 Å². The molecule has 22 heteroatoms. The number of aliphatic carboxylic acids is 10. The van der Waals surface area contributed by atoms with Gasteiger partial charge in [-0.1, -0.05) is 0 Å². The molecular weight excluding hydrogens is 544 g/mol. The Balaban J connectivity index is -0.0000000481. The van der Waals surface area contributed by atoms with E-state index in [1.165, 1.54) is 0 Å². The molecule has 20 nitrogen and oxygen atoms in total.